The Morgan fingerprint density at radius 2 is 2.20 bits per heavy atom. The maximum absolute atomic E-state index is 13.5. The zero-order valence-electron chi connectivity index (χ0n) is 11.0. The van der Waals surface area contributed by atoms with Crippen LogP contribution in [0.1, 0.15) is 24.1 Å². The van der Waals surface area contributed by atoms with Gasteiger partial charge in [0.2, 0.25) is 0 Å². The molecule has 0 amide bonds. The number of likely N-dealkylation sites (N-methyl/N-ethyl adjacent to an activating group) is 1. The van der Waals surface area contributed by atoms with Crippen LogP contribution in [0.15, 0.2) is 41.1 Å². The normalized spacial score (nSPS) is 12.4. The van der Waals surface area contributed by atoms with E-state index in [0.717, 1.165) is 22.1 Å². The van der Waals surface area contributed by atoms with Gasteiger partial charge >= 0.3 is 0 Å². The van der Waals surface area contributed by atoms with E-state index in [-0.39, 0.29) is 16.9 Å². The van der Waals surface area contributed by atoms with Crippen LogP contribution >= 0.6 is 27.5 Å². The second-order valence-electron chi connectivity index (χ2n) is 4.46. The van der Waals surface area contributed by atoms with Gasteiger partial charge < -0.3 is 5.32 Å². The number of rotatable bonds is 5. The van der Waals surface area contributed by atoms with Crippen molar-refractivity contribution in [2.45, 2.75) is 19.4 Å². The van der Waals surface area contributed by atoms with E-state index in [1.165, 1.54) is 6.07 Å². The molecular weight excluding hydrogens is 343 g/mol. The van der Waals surface area contributed by atoms with Gasteiger partial charge in [0.15, 0.2) is 0 Å². The monoisotopic (exact) mass is 356 g/mol. The number of pyridine rings is 1. The molecule has 0 aliphatic heterocycles. The quantitative estimate of drug-likeness (QED) is 0.850. The van der Waals surface area contributed by atoms with Crippen LogP contribution in [0.25, 0.3) is 0 Å². The molecule has 20 heavy (non-hydrogen) atoms. The van der Waals surface area contributed by atoms with E-state index in [1.807, 2.05) is 25.3 Å². The number of hydrogen-bond acceptors (Lipinski definition) is 2. The second-order valence-corrected chi connectivity index (χ2v) is 5.76. The van der Waals surface area contributed by atoms with Gasteiger partial charge in [-0.25, -0.2) is 4.39 Å². The maximum Gasteiger partial charge on any atom is 0.142 e. The molecule has 2 nitrogen and oxygen atoms in total. The summed E-state index contributed by atoms with van der Waals surface area (Å²) in [7, 11) is 0. The SMILES string of the molecule is CCNC(Cc1cccc(F)c1Cl)c1cncc(Br)c1. The molecule has 0 bridgehead atoms. The topological polar surface area (TPSA) is 24.9 Å². The van der Waals surface area contributed by atoms with E-state index in [2.05, 4.69) is 26.2 Å². The first-order valence-electron chi connectivity index (χ1n) is 6.38. The molecule has 0 spiro atoms. The summed E-state index contributed by atoms with van der Waals surface area (Å²) in [6, 6.07) is 6.95. The second kappa shape index (κ2) is 7.16. The summed E-state index contributed by atoms with van der Waals surface area (Å²) < 4.78 is 14.4. The molecule has 1 heterocycles. The standard InChI is InChI=1S/C15H15BrClFN2/c1-2-20-14(11-6-12(16)9-19-8-11)7-10-4-3-5-13(18)15(10)17/h3-6,8-9,14,20H,2,7H2,1H3. The number of benzene rings is 1. The van der Waals surface area contributed by atoms with Crippen molar-refractivity contribution in [3.8, 4) is 0 Å². The van der Waals surface area contributed by atoms with Crippen LogP contribution in [0.3, 0.4) is 0 Å². The molecule has 5 heteroatoms. The van der Waals surface area contributed by atoms with Crippen molar-refractivity contribution in [3.05, 3.63) is 63.1 Å². The zero-order chi connectivity index (χ0) is 14.5. The molecule has 2 aromatic rings. The lowest BCUT2D eigenvalue weighted by Crippen LogP contribution is -2.23. The van der Waals surface area contributed by atoms with Crippen molar-refractivity contribution in [3.63, 3.8) is 0 Å². The lowest BCUT2D eigenvalue weighted by atomic mass is 10.00. The Morgan fingerprint density at radius 1 is 1.40 bits per heavy atom. The fraction of sp³-hybridized carbons (Fsp3) is 0.267. The molecule has 0 fully saturated rings. The molecule has 1 atom stereocenters. The largest absolute Gasteiger partial charge is 0.310 e. The highest BCUT2D eigenvalue weighted by Crippen LogP contribution is 2.26. The summed E-state index contributed by atoms with van der Waals surface area (Å²) >= 11 is 9.45. The molecule has 1 aromatic heterocycles. The highest BCUT2D eigenvalue weighted by atomic mass is 79.9. The Bertz CT molecular complexity index is 592. The molecule has 0 aliphatic rings. The van der Waals surface area contributed by atoms with E-state index in [0.29, 0.717) is 6.42 Å². The summed E-state index contributed by atoms with van der Waals surface area (Å²) in [6.45, 7) is 2.84. The van der Waals surface area contributed by atoms with Gasteiger partial charge in [0.1, 0.15) is 5.82 Å². The molecule has 2 rings (SSSR count). The van der Waals surface area contributed by atoms with Crippen LogP contribution in [0.5, 0.6) is 0 Å². The number of halogens is 3. The molecule has 1 N–H and O–H groups in total. The predicted octanol–water partition coefficient (Wildman–Crippen LogP) is 4.53. The summed E-state index contributed by atoms with van der Waals surface area (Å²) in [4.78, 5) is 4.18. The summed E-state index contributed by atoms with van der Waals surface area (Å²) in [5.41, 5.74) is 1.83. The fourth-order valence-corrected chi connectivity index (χ4v) is 2.68. The molecule has 106 valence electrons. The van der Waals surface area contributed by atoms with Crippen molar-refractivity contribution in [2.24, 2.45) is 0 Å². The van der Waals surface area contributed by atoms with E-state index >= 15 is 0 Å². The van der Waals surface area contributed by atoms with E-state index in [9.17, 15) is 4.39 Å². The first kappa shape index (κ1) is 15.4. The Labute approximate surface area is 131 Å². The van der Waals surface area contributed by atoms with Crippen molar-refractivity contribution >= 4 is 27.5 Å². The lowest BCUT2D eigenvalue weighted by Gasteiger charge is -2.19. The van der Waals surface area contributed by atoms with Crippen molar-refractivity contribution < 1.29 is 4.39 Å². The summed E-state index contributed by atoms with van der Waals surface area (Å²) in [6.07, 6.45) is 4.16. The minimum absolute atomic E-state index is 0.0456. The van der Waals surface area contributed by atoms with E-state index < -0.39 is 0 Å². The van der Waals surface area contributed by atoms with Crippen LogP contribution in [0, 0.1) is 5.82 Å². The molecule has 0 saturated carbocycles. The molecule has 1 aromatic carbocycles. The first-order chi connectivity index (χ1) is 9.61. The first-order valence-corrected chi connectivity index (χ1v) is 7.55. The Balaban J connectivity index is 2.28. The number of hydrogen-bond donors (Lipinski definition) is 1. The molecule has 0 aliphatic carbocycles. The molecule has 1 unspecified atom stereocenters. The highest BCUT2D eigenvalue weighted by Gasteiger charge is 2.15. The van der Waals surface area contributed by atoms with Gasteiger partial charge in [0, 0.05) is 22.9 Å². The van der Waals surface area contributed by atoms with Gasteiger partial charge in [-0.1, -0.05) is 30.7 Å². The average molecular weight is 358 g/mol. The summed E-state index contributed by atoms with van der Waals surface area (Å²) in [5.74, 6) is -0.383. The third kappa shape index (κ3) is 3.78. The van der Waals surface area contributed by atoms with E-state index in [4.69, 9.17) is 11.6 Å². The molecule has 0 saturated heterocycles. The van der Waals surface area contributed by atoms with Crippen LogP contribution in [-0.4, -0.2) is 11.5 Å². The number of nitrogens with one attached hydrogen (secondary N) is 1. The zero-order valence-corrected chi connectivity index (χ0v) is 13.4. The van der Waals surface area contributed by atoms with Crippen molar-refractivity contribution in [1.82, 2.24) is 10.3 Å². The van der Waals surface area contributed by atoms with Crippen LogP contribution in [0.4, 0.5) is 4.39 Å². The van der Waals surface area contributed by atoms with Crippen molar-refractivity contribution in [2.75, 3.05) is 6.54 Å². The Kier molecular flexibility index (Phi) is 5.52. The average Bonchev–Trinajstić information content (AvgIpc) is 2.43. The Hall–Kier alpha value is -0.970. The lowest BCUT2D eigenvalue weighted by molar-refractivity contribution is 0.545. The van der Waals surface area contributed by atoms with Crippen LogP contribution in [-0.2, 0) is 6.42 Å². The third-order valence-electron chi connectivity index (χ3n) is 3.03. The van der Waals surface area contributed by atoms with Gasteiger partial charge in [-0.3, -0.25) is 4.98 Å². The van der Waals surface area contributed by atoms with Gasteiger partial charge in [-0.2, -0.15) is 0 Å². The molecule has 0 radical (unpaired) electrons. The maximum atomic E-state index is 13.5. The van der Waals surface area contributed by atoms with Gasteiger partial charge in [-0.15, -0.1) is 0 Å². The van der Waals surface area contributed by atoms with Gasteiger partial charge in [-0.05, 0) is 52.2 Å². The third-order valence-corrected chi connectivity index (χ3v) is 3.89. The van der Waals surface area contributed by atoms with Gasteiger partial charge in [0.25, 0.3) is 0 Å². The summed E-state index contributed by atoms with van der Waals surface area (Å²) in [5, 5.41) is 3.57. The van der Waals surface area contributed by atoms with Crippen LogP contribution < -0.4 is 5.32 Å². The van der Waals surface area contributed by atoms with Crippen molar-refractivity contribution in [1.29, 1.82) is 0 Å². The molecular formula is C15H15BrClFN2. The number of aromatic nitrogens is 1. The number of nitrogens with zero attached hydrogens (tertiary/aromatic N) is 1. The Morgan fingerprint density at radius 3 is 2.90 bits per heavy atom. The minimum atomic E-state index is -0.383. The predicted molar refractivity (Wildman–Crippen MR) is 83.5 cm³/mol. The minimum Gasteiger partial charge on any atom is -0.310 e. The fourth-order valence-electron chi connectivity index (χ4n) is 2.10. The van der Waals surface area contributed by atoms with Gasteiger partial charge in [0.05, 0.1) is 5.02 Å². The highest BCUT2D eigenvalue weighted by molar-refractivity contribution is 9.10. The van der Waals surface area contributed by atoms with Crippen LogP contribution in [0.2, 0.25) is 5.02 Å². The van der Waals surface area contributed by atoms with E-state index in [1.54, 1.807) is 12.3 Å². The smallest absolute Gasteiger partial charge is 0.142 e.